The second-order valence-corrected chi connectivity index (χ2v) is 5.77. The van der Waals surface area contributed by atoms with Crippen molar-refractivity contribution < 1.29 is 27.1 Å². The lowest BCUT2D eigenvalue weighted by Gasteiger charge is -2.12. The number of aromatic nitrogens is 1. The van der Waals surface area contributed by atoms with Crippen LogP contribution in [0.1, 0.15) is 18.4 Å². The lowest BCUT2D eigenvalue weighted by atomic mass is 10.2. The highest BCUT2D eigenvalue weighted by atomic mass is 19.4. The molecular weight excluding hydrogens is 354 g/mol. The van der Waals surface area contributed by atoms with E-state index in [9.17, 15) is 22.4 Å². The molecule has 0 saturated carbocycles. The topological polar surface area (TPSA) is 63.2 Å². The summed E-state index contributed by atoms with van der Waals surface area (Å²) in [5.41, 5.74) is -0.669. The summed E-state index contributed by atoms with van der Waals surface area (Å²) < 4.78 is 56.8. The van der Waals surface area contributed by atoms with Crippen molar-refractivity contribution in [1.29, 1.82) is 0 Å². The first kappa shape index (κ1) is 18.1. The number of anilines is 1. The molecule has 0 aliphatic carbocycles. The third-order valence-corrected chi connectivity index (χ3v) is 3.85. The largest absolute Gasteiger partial charge is 0.436 e. The van der Waals surface area contributed by atoms with Gasteiger partial charge in [-0.2, -0.15) is 13.2 Å². The Morgan fingerprint density at radius 1 is 1.27 bits per heavy atom. The van der Waals surface area contributed by atoms with Crippen LogP contribution in [0.4, 0.5) is 23.2 Å². The summed E-state index contributed by atoms with van der Waals surface area (Å²) in [7, 11) is 0. The molecule has 26 heavy (non-hydrogen) atoms. The van der Waals surface area contributed by atoms with E-state index in [1.807, 2.05) is 0 Å². The number of nitrogens with one attached hydrogen (secondary N) is 2. The highest BCUT2D eigenvalue weighted by Gasteiger charge is 2.30. The lowest BCUT2D eigenvalue weighted by molar-refractivity contribution is -0.137. The number of hydrogen-bond acceptors (Lipinski definition) is 4. The van der Waals surface area contributed by atoms with Crippen molar-refractivity contribution in [2.75, 3.05) is 11.9 Å². The minimum atomic E-state index is -4.51. The van der Waals surface area contributed by atoms with E-state index in [1.165, 1.54) is 12.1 Å². The zero-order valence-corrected chi connectivity index (χ0v) is 13.4. The third kappa shape index (κ3) is 4.29. The molecule has 0 spiro atoms. The molecule has 1 aliphatic rings. The lowest BCUT2D eigenvalue weighted by Crippen LogP contribution is -2.35. The molecule has 1 aromatic carbocycles. The molecule has 5 nitrogen and oxygen atoms in total. The Labute approximate surface area is 146 Å². The van der Waals surface area contributed by atoms with Crippen molar-refractivity contribution in [2.24, 2.45) is 0 Å². The van der Waals surface area contributed by atoms with E-state index in [4.69, 9.17) is 4.74 Å². The summed E-state index contributed by atoms with van der Waals surface area (Å²) in [5, 5.41) is 5.63. The number of nitrogens with zero attached hydrogens (tertiary/aromatic N) is 1. The van der Waals surface area contributed by atoms with E-state index < -0.39 is 17.6 Å². The van der Waals surface area contributed by atoms with Crippen molar-refractivity contribution in [3.05, 3.63) is 47.9 Å². The summed E-state index contributed by atoms with van der Waals surface area (Å²) in [5.74, 6) is -1.41. The molecule has 9 heteroatoms. The molecule has 138 valence electrons. The van der Waals surface area contributed by atoms with Crippen LogP contribution in [0.15, 0.2) is 36.5 Å². The highest BCUT2D eigenvalue weighted by molar-refractivity contribution is 5.95. The van der Waals surface area contributed by atoms with Gasteiger partial charge in [-0.25, -0.2) is 9.37 Å². The maximum Gasteiger partial charge on any atom is 0.417 e. The Bertz CT molecular complexity index is 788. The van der Waals surface area contributed by atoms with Crippen molar-refractivity contribution in [2.45, 2.75) is 25.1 Å². The van der Waals surface area contributed by atoms with Crippen LogP contribution < -0.4 is 15.4 Å². The van der Waals surface area contributed by atoms with Crippen LogP contribution in [0.2, 0.25) is 0 Å². The number of benzene rings is 1. The van der Waals surface area contributed by atoms with Gasteiger partial charge in [0.25, 0.3) is 0 Å². The molecule has 3 rings (SSSR count). The predicted molar refractivity (Wildman–Crippen MR) is 85.4 cm³/mol. The molecule has 1 aliphatic heterocycles. The van der Waals surface area contributed by atoms with Crippen LogP contribution >= 0.6 is 0 Å². The van der Waals surface area contributed by atoms with Gasteiger partial charge in [0.2, 0.25) is 11.8 Å². The van der Waals surface area contributed by atoms with E-state index in [0.29, 0.717) is 6.20 Å². The molecule has 1 unspecified atom stereocenters. The number of carbonyl (C=O) groups is 1. The van der Waals surface area contributed by atoms with E-state index in [-0.39, 0.29) is 29.3 Å². The Morgan fingerprint density at radius 2 is 2.08 bits per heavy atom. The Hall–Kier alpha value is -2.68. The Kier molecular flexibility index (Phi) is 5.08. The van der Waals surface area contributed by atoms with E-state index in [2.05, 4.69) is 15.6 Å². The van der Waals surface area contributed by atoms with Crippen molar-refractivity contribution in [1.82, 2.24) is 10.3 Å². The molecule has 2 aromatic rings. The minimum Gasteiger partial charge on any atom is -0.436 e. The third-order valence-electron chi connectivity index (χ3n) is 3.85. The number of halogens is 4. The smallest absolute Gasteiger partial charge is 0.417 e. The van der Waals surface area contributed by atoms with Crippen molar-refractivity contribution in [3.8, 4) is 11.6 Å². The summed E-state index contributed by atoms with van der Waals surface area (Å²) in [4.78, 5) is 15.5. The van der Waals surface area contributed by atoms with Gasteiger partial charge in [0, 0.05) is 24.0 Å². The van der Waals surface area contributed by atoms with Crippen molar-refractivity contribution >= 4 is 11.6 Å². The van der Waals surface area contributed by atoms with Crippen molar-refractivity contribution in [3.63, 3.8) is 0 Å². The van der Waals surface area contributed by atoms with Gasteiger partial charge in [-0.1, -0.05) is 0 Å². The van der Waals surface area contributed by atoms with E-state index >= 15 is 0 Å². The second kappa shape index (κ2) is 7.28. The molecule has 0 radical (unpaired) electrons. The van der Waals surface area contributed by atoms with E-state index in [1.54, 1.807) is 0 Å². The minimum absolute atomic E-state index is 0.177. The SMILES string of the molecule is O=C(Nc1ccc(Oc2ccc(C(F)(F)F)cn2)c(F)c1)C1CCCN1. The molecule has 2 N–H and O–H groups in total. The normalized spacial score (nSPS) is 17.2. The average Bonchev–Trinajstić information content (AvgIpc) is 3.12. The van der Waals surface area contributed by atoms with Crippen LogP contribution in [0.5, 0.6) is 11.6 Å². The van der Waals surface area contributed by atoms with Crippen LogP contribution in [0.25, 0.3) is 0 Å². The highest BCUT2D eigenvalue weighted by Crippen LogP contribution is 2.31. The number of pyridine rings is 1. The molecule has 2 heterocycles. The number of alkyl halides is 3. The molecule has 1 fully saturated rings. The summed E-state index contributed by atoms with van der Waals surface area (Å²) >= 11 is 0. The Morgan fingerprint density at radius 3 is 2.65 bits per heavy atom. The molecule has 0 bridgehead atoms. The number of amides is 1. The van der Waals surface area contributed by atoms with Gasteiger partial charge in [0.05, 0.1) is 11.6 Å². The fourth-order valence-corrected chi connectivity index (χ4v) is 2.52. The monoisotopic (exact) mass is 369 g/mol. The summed E-state index contributed by atoms with van der Waals surface area (Å²) in [6, 6.07) is 5.28. The fraction of sp³-hybridized carbons (Fsp3) is 0.294. The van der Waals surface area contributed by atoms with Crippen LogP contribution in [0, 0.1) is 5.82 Å². The quantitative estimate of drug-likeness (QED) is 0.807. The second-order valence-electron chi connectivity index (χ2n) is 5.77. The van der Waals surface area contributed by atoms with Gasteiger partial charge in [-0.15, -0.1) is 0 Å². The first-order valence-corrected chi connectivity index (χ1v) is 7.88. The van der Waals surface area contributed by atoms with Crippen LogP contribution in [-0.2, 0) is 11.0 Å². The zero-order valence-electron chi connectivity index (χ0n) is 13.4. The average molecular weight is 369 g/mol. The molecule has 1 amide bonds. The van der Waals surface area contributed by atoms with Crippen LogP contribution in [-0.4, -0.2) is 23.5 Å². The first-order valence-electron chi connectivity index (χ1n) is 7.88. The number of carbonyl (C=O) groups excluding carboxylic acids is 1. The van der Waals surface area contributed by atoms with Crippen LogP contribution in [0.3, 0.4) is 0 Å². The molecular formula is C17H15F4N3O2. The Balaban J connectivity index is 1.66. The number of rotatable bonds is 4. The maximum atomic E-state index is 14.1. The number of ether oxygens (including phenoxy) is 1. The number of hydrogen-bond donors (Lipinski definition) is 2. The van der Waals surface area contributed by atoms with Gasteiger partial charge in [0.15, 0.2) is 11.6 Å². The molecule has 1 aromatic heterocycles. The van der Waals surface area contributed by atoms with Gasteiger partial charge in [-0.3, -0.25) is 4.79 Å². The molecule has 1 saturated heterocycles. The van der Waals surface area contributed by atoms with E-state index in [0.717, 1.165) is 37.6 Å². The summed E-state index contributed by atoms with van der Waals surface area (Å²) in [6.07, 6.45) is -2.28. The molecule has 1 atom stereocenters. The van der Waals surface area contributed by atoms with Gasteiger partial charge < -0.3 is 15.4 Å². The summed E-state index contributed by atoms with van der Waals surface area (Å²) in [6.45, 7) is 0.763. The van der Waals surface area contributed by atoms with Gasteiger partial charge >= 0.3 is 6.18 Å². The van der Waals surface area contributed by atoms with Gasteiger partial charge in [0.1, 0.15) is 0 Å². The van der Waals surface area contributed by atoms with Gasteiger partial charge in [-0.05, 0) is 37.6 Å². The first-order chi connectivity index (χ1) is 12.3. The zero-order chi connectivity index (χ0) is 18.7. The predicted octanol–water partition coefficient (Wildman–Crippen LogP) is 3.72. The maximum absolute atomic E-state index is 14.1. The standard InChI is InChI=1S/C17H15F4N3O2/c18-12-8-11(24-16(25)13-2-1-7-22-13)4-5-14(12)26-15-6-3-10(9-23-15)17(19,20)21/h3-6,8-9,13,22H,1-2,7H2,(H,24,25). The fourth-order valence-electron chi connectivity index (χ4n) is 2.52.